The molecule has 1 saturated heterocycles. The van der Waals surface area contributed by atoms with Crippen LogP contribution in [0.15, 0.2) is 0 Å². The quantitative estimate of drug-likeness (QED) is 0.804. The maximum atomic E-state index is 5.67. The maximum Gasteiger partial charge on any atom is 0.195 e. The summed E-state index contributed by atoms with van der Waals surface area (Å²) in [5, 5.41) is 6.93. The molecule has 0 bridgehead atoms. The second-order valence-electron chi connectivity index (χ2n) is 4.05. The first kappa shape index (κ1) is 10.8. The van der Waals surface area contributed by atoms with E-state index in [4.69, 9.17) is 17.0 Å². The lowest BCUT2D eigenvalue weighted by atomic mass is 10.00. The van der Waals surface area contributed by atoms with Gasteiger partial charge < -0.3 is 9.30 Å². The lowest BCUT2D eigenvalue weighted by molar-refractivity contribution is 0.0832. The Morgan fingerprint density at radius 3 is 3.07 bits per heavy atom. The maximum absolute atomic E-state index is 5.67. The molecule has 15 heavy (non-hydrogen) atoms. The molecule has 2 unspecified atom stereocenters. The van der Waals surface area contributed by atoms with Crippen LogP contribution in [0.2, 0.25) is 0 Å². The average molecular weight is 227 g/mol. The number of hydrogen-bond donors (Lipinski definition) is 1. The highest BCUT2D eigenvalue weighted by atomic mass is 32.1. The van der Waals surface area contributed by atoms with Gasteiger partial charge in [0.2, 0.25) is 0 Å². The molecule has 0 amide bonds. The third-order valence-corrected chi connectivity index (χ3v) is 3.43. The van der Waals surface area contributed by atoms with E-state index < -0.39 is 0 Å². The Morgan fingerprint density at radius 1 is 1.67 bits per heavy atom. The average Bonchev–Trinajstić information content (AvgIpc) is 2.79. The summed E-state index contributed by atoms with van der Waals surface area (Å²) in [4.78, 5) is 0. The predicted molar refractivity (Wildman–Crippen MR) is 60.3 cm³/mol. The van der Waals surface area contributed by atoms with Crippen molar-refractivity contribution in [3.8, 4) is 0 Å². The summed E-state index contributed by atoms with van der Waals surface area (Å²) < 4.78 is 8.45. The Kier molecular flexibility index (Phi) is 3.21. The summed E-state index contributed by atoms with van der Waals surface area (Å²) in [7, 11) is 0. The standard InChI is InChI=1S/C10H17N3OS/c1-3-9-8(4-5-14-9)6-13-7(2)11-12-10(13)15/h8-9H,3-6H2,1-2H3,(H,12,15). The first-order valence-electron chi connectivity index (χ1n) is 5.45. The molecule has 5 heteroatoms. The normalized spacial score (nSPS) is 26.0. The summed E-state index contributed by atoms with van der Waals surface area (Å²) >= 11 is 5.19. The summed E-state index contributed by atoms with van der Waals surface area (Å²) in [5.41, 5.74) is 0. The number of rotatable bonds is 3. The molecule has 2 atom stereocenters. The van der Waals surface area contributed by atoms with Crippen LogP contribution in [-0.4, -0.2) is 27.5 Å². The van der Waals surface area contributed by atoms with Crippen LogP contribution in [0.4, 0.5) is 0 Å². The van der Waals surface area contributed by atoms with Gasteiger partial charge in [0.1, 0.15) is 5.82 Å². The number of aromatic nitrogens is 3. The Morgan fingerprint density at radius 2 is 2.47 bits per heavy atom. The fourth-order valence-corrected chi connectivity index (χ4v) is 2.45. The van der Waals surface area contributed by atoms with Crippen molar-refractivity contribution in [2.45, 2.75) is 39.3 Å². The first-order valence-corrected chi connectivity index (χ1v) is 5.86. The summed E-state index contributed by atoms with van der Waals surface area (Å²) in [6.45, 7) is 5.96. The van der Waals surface area contributed by atoms with E-state index in [2.05, 4.69) is 21.7 Å². The van der Waals surface area contributed by atoms with E-state index in [1.54, 1.807) is 0 Å². The molecule has 0 radical (unpaired) electrons. The van der Waals surface area contributed by atoms with E-state index in [-0.39, 0.29) is 0 Å². The third-order valence-electron chi connectivity index (χ3n) is 3.11. The van der Waals surface area contributed by atoms with Crippen molar-refractivity contribution in [2.24, 2.45) is 5.92 Å². The minimum atomic E-state index is 0.390. The van der Waals surface area contributed by atoms with E-state index in [1.165, 1.54) is 0 Å². The van der Waals surface area contributed by atoms with E-state index in [0.717, 1.165) is 31.8 Å². The minimum Gasteiger partial charge on any atom is -0.378 e. The highest BCUT2D eigenvalue weighted by Crippen LogP contribution is 2.25. The Bertz CT molecular complexity index is 384. The number of nitrogens with zero attached hydrogens (tertiary/aromatic N) is 2. The fourth-order valence-electron chi connectivity index (χ4n) is 2.20. The van der Waals surface area contributed by atoms with Crippen molar-refractivity contribution in [1.29, 1.82) is 0 Å². The molecule has 4 nitrogen and oxygen atoms in total. The number of hydrogen-bond acceptors (Lipinski definition) is 3. The van der Waals surface area contributed by atoms with Crippen LogP contribution in [0.25, 0.3) is 0 Å². The molecule has 1 aliphatic rings. The van der Waals surface area contributed by atoms with E-state index in [0.29, 0.717) is 16.8 Å². The zero-order valence-corrected chi connectivity index (χ0v) is 10.0. The molecule has 1 aromatic heterocycles. The highest BCUT2D eigenvalue weighted by molar-refractivity contribution is 7.71. The van der Waals surface area contributed by atoms with Crippen molar-refractivity contribution in [3.05, 3.63) is 10.6 Å². The number of nitrogens with one attached hydrogen (secondary N) is 1. The monoisotopic (exact) mass is 227 g/mol. The fraction of sp³-hybridized carbons (Fsp3) is 0.800. The number of H-pyrrole nitrogens is 1. The lowest BCUT2D eigenvalue weighted by Gasteiger charge is -2.17. The van der Waals surface area contributed by atoms with Crippen LogP contribution in [0.1, 0.15) is 25.6 Å². The van der Waals surface area contributed by atoms with Crippen LogP contribution in [0.5, 0.6) is 0 Å². The molecule has 0 saturated carbocycles. The highest BCUT2D eigenvalue weighted by Gasteiger charge is 2.27. The van der Waals surface area contributed by atoms with Crippen molar-refractivity contribution in [2.75, 3.05) is 6.61 Å². The van der Waals surface area contributed by atoms with E-state index in [9.17, 15) is 0 Å². The van der Waals surface area contributed by atoms with Crippen LogP contribution in [-0.2, 0) is 11.3 Å². The zero-order chi connectivity index (χ0) is 10.8. The van der Waals surface area contributed by atoms with E-state index in [1.807, 2.05) is 6.92 Å². The lowest BCUT2D eigenvalue weighted by Crippen LogP contribution is -2.20. The van der Waals surface area contributed by atoms with Crippen molar-refractivity contribution < 1.29 is 4.74 Å². The minimum absolute atomic E-state index is 0.390. The zero-order valence-electron chi connectivity index (χ0n) is 9.19. The molecule has 0 aliphatic carbocycles. The van der Waals surface area contributed by atoms with Crippen LogP contribution in [0, 0.1) is 17.6 Å². The Labute approximate surface area is 94.6 Å². The molecule has 1 fully saturated rings. The molecule has 1 aromatic rings. The largest absolute Gasteiger partial charge is 0.378 e. The molecule has 1 aliphatic heterocycles. The molecule has 84 valence electrons. The van der Waals surface area contributed by atoms with Gasteiger partial charge in [-0.2, -0.15) is 5.10 Å². The van der Waals surface area contributed by atoms with Gasteiger partial charge in [0, 0.05) is 19.1 Å². The van der Waals surface area contributed by atoms with Crippen molar-refractivity contribution >= 4 is 12.2 Å². The van der Waals surface area contributed by atoms with Gasteiger partial charge in [-0.15, -0.1) is 0 Å². The molecular weight excluding hydrogens is 210 g/mol. The van der Waals surface area contributed by atoms with Crippen LogP contribution < -0.4 is 0 Å². The number of aromatic amines is 1. The van der Waals surface area contributed by atoms with Gasteiger partial charge in [-0.25, -0.2) is 0 Å². The summed E-state index contributed by atoms with van der Waals surface area (Å²) in [6, 6.07) is 0. The van der Waals surface area contributed by atoms with Crippen molar-refractivity contribution in [3.63, 3.8) is 0 Å². The van der Waals surface area contributed by atoms with E-state index >= 15 is 0 Å². The SMILES string of the molecule is CCC1OCCC1Cn1c(C)n[nH]c1=S. The number of aryl methyl sites for hydroxylation is 1. The van der Waals surface area contributed by atoms with Gasteiger partial charge >= 0.3 is 0 Å². The molecule has 2 rings (SSSR count). The smallest absolute Gasteiger partial charge is 0.195 e. The van der Waals surface area contributed by atoms with Gasteiger partial charge in [0.05, 0.1) is 6.10 Å². The van der Waals surface area contributed by atoms with Gasteiger partial charge in [0.15, 0.2) is 4.77 Å². The second kappa shape index (κ2) is 4.45. The molecule has 1 N–H and O–H groups in total. The number of ether oxygens (including phenoxy) is 1. The Hall–Kier alpha value is -0.680. The first-order chi connectivity index (χ1) is 7.22. The van der Waals surface area contributed by atoms with Crippen molar-refractivity contribution in [1.82, 2.24) is 14.8 Å². The van der Waals surface area contributed by atoms with Gasteiger partial charge in [0.25, 0.3) is 0 Å². The van der Waals surface area contributed by atoms with Gasteiger partial charge in [-0.05, 0) is 32.0 Å². The molecule has 0 spiro atoms. The summed E-state index contributed by atoms with van der Waals surface area (Å²) in [5.74, 6) is 1.54. The second-order valence-corrected chi connectivity index (χ2v) is 4.44. The van der Waals surface area contributed by atoms with Gasteiger partial charge in [-0.1, -0.05) is 6.92 Å². The third kappa shape index (κ3) is 2.13. The molecular formula is C10H17N3OS. The van der Waals surface area contributed by atoms with Gasteiger partial charge in [-0.3, -0.25) is 5.10 Å². The predicted octanol–water partition coefficient (Wildman–Crippen LogP) is 2.06. The molecule has 0 aromatic carbocycles. The Balaban J connectivity index is 2.11. The molecule has 2 heterocycles. The van der Waals surface area contributed by atoms with Crippen LogP contribution >= 0.6 is 12.2 Å². The van der Waals surface area contributed by atoms with Crippen LogP contribution in [0.3, 0.4) is 0 Å². The summed E-state index contributed by atoms with van der Waals surface area (Å²) in [6.07, 6.45) is 2.60. The topological polar surface area (TPSA) is 42.8 Å².